The van der Waals surface area contributed by atoms with E-state index < -0.39 is 5.60 Å². The molecule has 3 aliphatic rings. The number of hydrogen-bond acceptors (Lipinski definition) is 4. The quantitative estimate of drug-likeness (QED) is 0.614. The monoisotopic (exact) mass is 426 g/mol. The Hall–Kier alpha value is -2.04. The van der Waals surface area contributed by atoms with Gasteiger partial charge in [-0.2, -0.15) is 0 Å². The van der Waals surface area contributed by atoms with Crippen LogP contribution in [0, 0.1) is 16.7 Å². The molecular formula is C26H38N2O3. The fourth-order valence-corrected chi connectivity index (χ4v) is 6.54. The van der Waals surface area contributed by atoms with E-state index in [4.69, 9.17) is 9.26 Å². The SMILES string of the molecule is CC/C=C1\C=C2C(CNC(=O)OC(C)(C)C)(CC1)CCC1C(C)c3oncc3CC21C. The summed E-state index contributed by atoms with van der Waals surface area (Å²) in [4.78, 5) is 12.5. The maximum absolute atomic E-state index is 12.5. The molecule has 0 bridgehead atoms. The van der Waals surface area contributed by atoms with E-state index in [9.17, 15) is 4.79 Å². The third-order valence-electron chi connectivity index (χ3n) is 7.85. The van der Waals surface area contributed by atoms with E-state index in [1.807, 2.05) is 27.0 Å². The van der Waals surface area contributed by atoms with E-state index in [2.05, 4.69) is 43.4 Å². The van der Waals surface area contributed by atoms with Gasteiger partial charge in [0.15, 0.2) is 0 Å². The highest BCUT2D eigenvalue weighted by atomic mass is 16.6. The molecule has 0 saturated heterocycles. The Balaban J connectivity index is 1.69. The summed E-state index contributed by atoms with van der Waals surface area (Å²) >= 11 is 0. The lowest BCUT2D eigenvalue weighted by atomic mass is 9.46. The van der Waals surface area contributed by atoms with Crippen LogP contribution in [0.5, 0.6) is 0 Å². The Morgan fingerprint density at radius 2 is 2.16 bits per heavy atom. The molecule has 1 saturated carbocycles. The molecule has 1 aromatic rings. The minimum atomic E-state index is -0.489. The Bertz CT molecular complexity index is 906. The van der Waals surface area contributed by atoms with Crippen LogP contribution in [0.4, 0.5) is 4.79 Å². The van der Waals surface area contributed by atoms with Gasteiger partial charge in [-0.3, -0.25) is 0 Å². The lowest BCUT2D eigenvalue weighted by Gasteiger charge is -2.58. The van der Waals surface area contributed by atoms with Crippen molar-refractivity contribution in [3.05, 3.63) is 40.8 Å². The number of nitrogens with zero attached hydrogens (tertiary/aromatic N) is 1. The maximum atomic E-state index is 12.5. The Labute approximate surface area is 186 Å². The van der Waals surface area contributed by atoms with E-state index in [0.717, 1.165) is 44.3 Å². The number of carbonyl (C=O) groups excluding carboxylic acids is 1. The average molecular weight is 427 g/mol. The molecule has 4 atom stereocenters. The first-order valence-electron chi connectivity index (χ1n) is 11.9. The summed E-state index contributed by atoms with van der Waals surface area (Å²) < 4.78 is 11.2. The van der Waals surface area contributed by atoms with Crippen LogP contribution < -0.4 is 5.32 Å². The fourth-order valence-electron chi connectivity index (χ4n) is 6.54. The number of carbonyl (C=O) groups is 1. The molecule has 1 aromatic heterocycles. The number of rotatable bonds is 3. The van der Waals surface area contributed by atoms with Crippen molar-refractivity contribution in [2.45, 2.75) is 91.6 Å². The van der Waals surface area contributed by atoms with Crippen LogP contribution in [0.15, 0.2) is 34.0 Å². The second kappa shape index (κ2) is 7.83. The van der Waals surface area contributed by atoms with E-state index in [-0.39, 0.29) is 16.9 Å². The number of amides is 1. The van der Waals surface area contributed by atoms with Crippen LogP contribution in [0.1, 0.15) is 90.9 Å². The number of allylic oxidation sites excluding steroid dienone is 3. The van der Waals surface area contributed by atoms with Crippen LogP contribution in [0.25, 0.3) is 0 Å². The number of aromatic nitrogens is 1. The molecule has 0 radical (unpaired) electrons. The highest BCUT2D eigenvalue weighted by Gasteiger charge is 2.56. The Morgan fingerprint density at radius 1 is 1.39 bits per heavy atom. The molecule has 0 aromatic carbocycles. The zero-order valence-electron chi connectivity index (χ0n) is 20.0. The van der Waals surface area contributed by atoms with Gasteiger partial charge in [0.2, 0.25) is 0 Å². The minimum absolute atomic E-state index is 0.0123. The first-order valence-corrected chi connectivity index (χ1v) is 11.9. The first kappa shape index (κ1) is 22.2. The molecule has 1 heterocycles. The molecule has 1 N–H and O–H groups in total. The molecule has 4 unspecified atom stereocenters. The van der Waals surface area contributed by atoms with Crippen LogP contribution >= 0.6 is 0 Å². The van der Waals surface area contributed by atoms with Gasteiger partial charge in [-0.25, -0.2) is 4.79 Å². The summed E-state index contributed by atoms with van der Waals surface area (Å²) in [6.07, 6.45) is 12.8. The van der Waals surface area contributed by atoms with Crippen molar-refractivity contribution in [3.8, 4) is 0 Å². The van der Waals surface area contributed by atoms with Crippen molar-refractivity contribution < 1.29 is 14.1 Å². The standard InChI is InChI=1S/C26H38N2O3/c1-7-8-18-9-11-26(16-27-23(29)30-24(3,4)5)12-10-20-17(2)22-19(15-28-31-22)14-25(20,6)21(26)13-18/h8,13,15,17,20H,7,9-12,14,16H2,1-6H3,(H,27,29)/b18-8-. The van der Waals surface area contributed by atoms with E-state index in [1.54, 1.807) is 0 Å². The number of hydrogen-bond donors (Lipinski definition) is 1. The minimum Gasteiger partial charge on any atom is -0.444 e. The average Bonchev–Trinajstić information content (AvgIpc) is 3.14. The highest BCUT2D eigenvalue weighted by molar-refractivity contribution is 5.68. The zero-order chi connectivity index (χ0) is 22.4. The smallest absolute Gasteiger partial charge is 0.407 e. The summed E-state index contributed by atoms with van der Waals surface area (Å²) in [5.41, 5.74) is 3.74. The molecule has 5 nitrogen and oxygen atoms in total. The molecular weight excluding hydrogens is 388 g/mol. The highest BCUT2D eigenvalue weighted by Crippen LogP contribution is 2.64. The molecule has 0 spiro atoms. The number of fused-ring (bicyclic) bond motifs is 4. The Kier molecular flexibility index (Phi) is 5.60. The van der Waals surface area contributed by atoms with Gasteiger partial charge in [0, 0.05) is 23.4 Å². The van der Waals surface area contributed by atoms with E-state index in [0.29, 0.717) is 18.4 Å². The molecule has 1 amide bonds. The van der Waals surface area contributed by atoms with Gasteiger partial charge in [-0.05, 0) is 70.6 Å². The topological polar surface area (TPSA) is 64.4 Å². The second-order valence-corrected chi connectivity index (χ2v) is 11.1. The third-order valence-corrected chi connectivity index (χ3v) is 7.85. The van der Waals surface area contributed by atoms with Crippen molar-refractivity contribution in [1.29, 1.82) is 0 Å². The molecule has 4 rings (SSSR count). The summed E-state index contributed by atoms with van der Waals surface area (Å²) in [6.45, 7) is 13.3. The van der Waals surface area contributed by atoms with Crippen LogP contribution in [0.3, 0.4) is 0 Å². The van der Waals surface area contributed by atoms with Crippen LogP contribution in [-0.4, -0.2) is 23.4 Å². The van der Waals surface area contributed by atoms with Crippen molar-refractivity contribution in [2.75, 3.05) is 6.54 Å². The van der Waals surface area contributed by atoms with Crippen molar-refractivity contribution >= 4 is 6.09 Å². The van der Waals surface area contributed by atoms with Gasteiger partial charge in [0.05, 0.1) is 6.20 Å². The molecule has 31 heavy (non-hydrogen) atoms. The number of nitrogens with one attached hydrogen (secondary N) is 1. The lowest BCUT2D eigenvalue weighted by Crippen LogP contribution is -2.53. The van der Waals surface area contributed by atoms with Gasteiger partial charge in [-0.1, -0.05) is 49.2 Å². The zero-order valence-corrected chi connectivity index (χ0v) is 20.0. The third kappa shape index (κ3) is 3.96. The Morgan fingerprint density at radius 3 is 2.87 bits per heavy atom. The predicted molar refractivity (Wildman–Crippen MR) is 122 cm³/mol. The number of ether oxygens (including phenoxy) is 1. The number of alkyl carbamates (subject to hydrolysis) is 1. The second-order valence-electron chi connectivity index (χ2n) is 11.1. The fraction of sp³-hybridized carbons (Fsp3) is 0.692. The first-order chi connectivity index (χ1) is 14.6. The van der Waals surface area contributed by atoms with E-state index >= 15 is 0 Å². The van der Waals surface area contributed by atoms with Crippen molar-refractivity contribution in [1.82, 2.24) is 10.5 Å². The normalized spacial score (nSPS) is 33.7. The molecule has 3 aliphatic carbocycles. The summed E-state index contributed by atoms with van der Waals surface area (Å²) in [6, 6.07) is 0. The lowest BCUT2D eigenvalue weighted by molar-refractivity contribution is 0.0370. The largest absolute Gasteiger partial charge is 0.444 e. The maximum Gasteiger partial charge on any atom is 0.407 e. The van der Waals surface area contributed by atoms with Gasteiger partial charge in [0.1, 0.15) is 11.4 Å². The van der Waals surface area contributed by atoms with Crippen molar-refractivity contribution in [3.63, 3.8) is 0 Å². The summed E-state index contributed by atoms with van der Waals surface area (Å²) in [5.74, 6) is 1.95. The van der Waals surface area contributed by atoms with Crippen molar-refractivity contribution in [2.24, 2.45) is 16.7 Å². The van der Waals surface area contributed by atoms with Gasteiger partial charge in [0.25, 0.3) is 0 Å². The molecule has 0 aliphatic heterocycles. The van der Waals surface area contributed by atoms with Crippen LogP contribution in [-0.2, 0) is 11.2 Å². The van der Waals surface area contributed by atoms with Gasteiger partial charge < -0.3 is 14.6 Å². The van der Waals surface area contributed by atoms with Gasteiger partial charge >= 0.3 is 6.09 Å². The molecule has 1 fully saturated rings. The predicted octanol–water partition coefficient (Wildman–Crippen LogP) is 6.32. The summed E-state index contributed by atoms with van der Waals surface area (Å²) in [7, 11) is 0. The van der Waals surface area contributed by atoms with Crippen LogP contribution in [0.2, 0.25) is 0 Å². The molecule has 170 valence electrons. The summed E-state index contributed by atoms with van der Waals surface area (Å²) in [5, 5.41) is 7.25. The molecule has 5 heteroatoms. The van der Waals surface area contributed by atoms with E-state index in [1.165, 1.54) is 16.7 Å². The van der Waals surface area contributed by atoms with Gasteiger partial charge in [-0.15, -0.1) is 0 Å².